The first kappa shape index (κ1) is 28.6. The fourth-order valence-corrected chi connectivity index (χ4v) is 8.28. The second-order valence-electron chi connectivity index (χ2n) is 12.5. The molecule has 0 fully saturated rings. The maximum absolute atomic E-state index is 5.13. The van der Waals surface area contributed by atoms with Crippen LogP contribution in [-0.4, -0.2) is 19.5 Å². The second kappa shape index (κ2) is 11.6. The third-order valence-corrected chi connectivity index (χ3v) is 10.6. The number of rotatable bonds is 5. The molecule has 0 atom stereocenters. The molecule has 0 amide bonds. The Balaban J connectivity index is 1.28. The molecule has 3 heterocycles. The predicted molar refractivity (Wildman–Crippen MR) is 209 cm³/mol. The molecule has 50 heavy (non-hydrogen) atoms. The first-order valence-corrected chi connectivity index (χ1v) is 17.5. The summed E-state index contributed by atoms with van der Waals surface area (Å²) in [6, 6.07) is 59.7. The van der Waals surface area contributed by atoms with Crippen LogP contribution in [0.1, 0.15) is 0 Å². The number of hydrogen-bond acceptors (Lipinski definition) is 4. The van der Waals surface area contributed by atoms with E-state index in [9.17, 15) is 0 Å². The Kier molecular flexibility index (Phi) is 6.64. The molecule has 0 N–H and O–H groups in total. The normalized spacial score (nSPS) is 11.6. The Labute approximate surface area is 292 Å². The zero-order valence-corrected chi connectivity index (χ0v) is 27.7. The van der Waals surface area contributed by atoms with Crippen molar-refractivity contribution in [1.29, 1.82) is 0 Å². The minimum Gasteiger partial charge on any atom is -0.309 e. The number of fused-ring (bicyclic) bond motifs is 6. The van der Waals surface area contributed by atoms with E-state index < -0.39 is 0 Å². The van der Waals surface area contributed by atoms with Crippen molar-refractivity contribution in [3.05, 3.63) is 170 Å². The van der Waals surface area contributed by atoms with Crippen LogP contribution < -0.4 is 0 Å². The predicted octanol–water partition coefficient (Wildman–Crippen LogP) is 12.0. The molecule has 0 aliphatic carbocycles. The summed E-state index contributed by atoms with van der Waals surface area (Å²) in [6.07, 6.45) is 0. The number of para-hydroxylation sites is 1. The van der Waals surface area contributed by atoms with Crippen LogP contribution in [0.3, 0.4) is 0 Å². The van der Waals surface area contributed by atoms with Gasteiger partial charge in [0.15, 0.2) is 17.5 Å². The summed E-state index contributed by atoms with van der Waals surface area (Å²) in [7, 11) is 0. The topological polar surface area (TPSA) is 43.6 Å². The Bertz CT molecular complexity index is 2800. The van der Waals surface area contributed by atoms with Crippen molar-refractivity contribution in [3.63, 3.8) is 0 Å². The van der Waals surface area contributed by atoms with Gasteiger partial charge in [0.05, 0.1) is 16.7 Å². The number of aromatic nitrogens is 4. The van der Waals surface area contributed by atoms with Crippen molar-refractivity contribution in [3.8, 4) is 51.0 Å². The summed E-state index contributed by atoms with van der Waals surface area (Å²) in [4.78, 5) is 15.2. The molecule has 10 aromatic rings. The van der Waals surface area contributed by atoms with Crippen LogP contribution in [0.15, 0.2) is 170 Å². The summed E-state index contributed by atoms with van der Waals surface area (Å²) < 4.78 is 4.87. The van der Waals surface area contributed by atoms with Crippen LogP contribution in [0.4, 0.5) is 0 Å². The van der Waals surface area contributed by atoms with Gasteiger partial charge in [-0.15, -0.1) is 11.3 Å². The molecule has 0 spiro atoms. The van der Waals surface area contributed by atoms with E-state index in [0.29, 0.717) is 17.5 Å². The van der Waals surface area contributed by atoms with Crippen molar-refractivity contribution < 1.29 is 0 Å². The van der Waals surface area contributed by atoms with E-state index in [1.165, 1.54) is 42.1 Å². The van der Waals surface area contributed by atoms with Gasteiger partial charge in [-0.05, 0) is 47.5 Å². The molecule has 0 bridgehead atoms. The highest BCUT2D eigenvalue weighted by Crippen LogP contribution is 2.43. The van der Waals surface area contributed by atoms with Crippen molar-refractivity contribution >= 4 is 53.3 Å². The summed E-state index contributed by atoms with van der Waals surface area (Å²) in [5.74, 6) is 1.95. The van der Waals surface area contributed by atoms with E-state index in [4.69, 9.17) is 15.0 Å². The van der Waals surface area contributed by atoms with Gasteiger partial charge in [0.2, 0.25) is 0 Å². The van der Waals surface area contributed by atoms with Crippen LogP contribution >= 0.6 is 11.3 Å². The van der Waals surface area contributed by atoms with Gasteiger partial charge in [-0.1, -0.05) is 133 Å². The molecule has 3 aromatic heterocycles. The van der Waals surface area contributed by atoms with Crippen LogP contribution in [0.2, 0.25) is 0 Å². The van der Waals surface area contributed by atoms with Crippen LogP contribution in [0.25, 0.3) is 93.0 Å². The summed E-state index contributed by atoms with van der Waals surface area (Å²) in [5.41, 5.74) is 8.68. The molecule has 0 saturated heterocycles. The van der Waals surface area contributed by atoms with Crippen molar-refractivity contribution in [1.82, 2.24) is 19.5 Å². The van der Waals surface area contributed by atoms with Gasteiger partial charge in [0, 0.05) is 47.6 Å². The van der Waals surface area contributed by atoms with Crippen molar-refractivity contribution in [2.75, 3.05) is 0 Å². The van der Waals surface area contributed by atoms with Crippen molar-refractivity contribution in [2.45, 2.75) is 0 Å². The third-order valence-electron chi connectivity index (χ3n) is 9.44. The van der Waals surface area contributed by atoms with E-state index in [0.717, 1.165) is 33.4 Å². The second-order valence-corrected chi connectivity index (χ2v) is 13.5. The molecule has 0 unspecified atom stereocenters. The maximum atomic E-state index is 5.13. The lowest BCUT2D eigenvalue weighted by molar-refractivity contribution is 1.07. The SMILES string of the molecule is c1ccc(-c2ccc3c(c2)c2ccccc2n3-c2cc(-c3nc(-c4ccccc4)nc(-c4ccccc4)n3)cc3sc4ccccc4c23)cc1. The monoisotopic (exact) mass is 656 g/mol. The van der Waals surface area contributed by atoms with Gasteiger partial charge in [0.1, 0.15) is 0 Å². The summed E-state index contributed by atoms with van der Waals surface area (Å²) >= 11 is 1.81. The molecular formula is C45H28N4S. The standard InChI is InChI=1S/C45H28N4S/c1-4-14-29(15-5-1)32-24-25-38-36(26-32)34-20-10-12-22-37(34)49(38)39-27-33(28-41-42(39)35-21-11-13-23-40(35)50-41)45-47-43(30-16-6-2-7-17-30)46-44(48-45)31-18-8-3-9-19-31/h1-28H. The first-order valence-electron chi connectivity index (χ1n) is 16.7. The van der Waals surface area contributed by atoms with Crippen LogP contribution in [0, 0.1) is 0 Å². The highest BCUT2D eigenvalue weighted by molar-refractivity contribution is 7.26. The molecule has 0 saturated carbocycles. The Hall–Kier alpha value is -6.43. The lowest BCUT2D eigenvalue weighted by Crippen LogP contribution is -2.01. The first-order chi connectivity index (χ1) is 24.8. The average molecular weight is 657 g/mol. The Morgan fingerprint density at radius 3 is 1.58 bits per heavy atom. The highest BCUT2D eigenvalue weighted by atomic mass is 32.1. The van der Waals surface area contributed by atoms with Gasteiger partial charge in [-0.25, -0.2) is 15.0 Å². The zero-order chi connectivity index (χ0) is 33.0. The molecular weight excluding hydrogens is 629 g/mol. The summed E-state index contributed by atoms with van der Waals surface area (Å²) in [6.45, 7) is 0. The van der Waals surface area contributed by atoms with Gasteiger partial charge in [0.25, 0.3) is 0 Å². The number of benzene rings is 7. The van der Waals surface area contributed by atoms with Crippen LogP contribution in [0.5, 0.6) is 0 Å². The smallest absolute Gasteiger partial charge is 0.164 e. The molecule has 10 rings (SSSR count). The molecule has 7 aromatic carbocycles. The quantitative estimate of drug-likeness (QED) is 0.185. The number of thiophene rings is 1. The Morgan fingerprint density at radius 1 is 0.360 bits per heavy atom. The zero-order valence-electron chi connectivity index (χ0n) is 26.9. The van der Waals surface area contributed by atoms with Crippen LogP contribution in [-0.2, 0) is 0 Å². The fourth-order valence-electron chi connectivity index (χ4n) is 7.12. The Morgan fingerprint density at radius 2 is 0.900 bits per heavy atom. The lowest BCUT2D eigenvalue weighted by Gasteiger charge is -2.14. The number of hydrogen-bond donors (Lipinski definition) is 0. The van der Waals surface area contributed by atoms with E-state index in [2.05, 4.69) is 138 Å². The van der Waals surface area contributed by atoms with Gasteiger partial charge in [-0.3, -0.25) is 0 Å². The summed E-state index contributed by atoms with van der Waals surface area (Å²) in [5, 5.41) is 4.91. The molecule has 5 heteroatoms. The number of nitrogens with zero attached hydrogens (tertiary/aromatic N) is 4. The van der Waals surface area contributed by atoms with E-state index in [1.807, 2.05) is 47.7 Å². The van der Waals surface area contributed by atoms with E-state index >= 15 is 0 Å². The largest absolute Gasteiger partial charge is 0.309 e. The average Bonchev–Trinajstić information content (AvgIpc) is 3.74. The fraction of sp³-hybridized carbons (Fsp3) is 0. The minimum atomic E-state index is 0.644. The third kappa shape index (κ3) is 4.71. The van der Waals surface area contributed by atoms with Crippen molar-refractivity contribution in [2.24, 2.45) is 0 Å². The van der Waals surface area contributed by atoms with Gasteiger partial charge in [-0.2, -0.15) is 0 Å². The maximum Gasteiger partial charge on any atom is 0.164 e. The minimum absolute atomic E-state index is 0.644. The van der Waals surface area contributed by atoms with Gasteiger partial charge >= 0.3 is 0 Å². The molecule has 0 aliphatic rings. The van der Waals surface area contributed by atoms with E-state index in [1.54, 1.807) is 0 Å². The lowest BCUT2D eigenvalue weighted by atomic mass is 10.0. The molecule has 4 nitrogen and oxygen atoms in total. The molecule has 234 valence electrons. The van der Waals surface area contributed by atoms with E-state index in [-0.39, 0.29) is 0 Å². The van der Waals surface area contributed by atoms with Gasteiger partial charge < -0.3 is 4.57 Å². The molecule has 0 aliphatic heterocycles. The molecule has 0 radical (unpaired) electrons. The highest BCUT2D eigenvalue weighted by Gasteiger charge is 2.21.